The summed E-state index contributed by atoms with van der Waals surface area (Å²) in [5, 5.41) is 8.96. The van der Waals surface area contributed by atoms with Crippen LogP contribution in [-0.2, 0) is 9.84 Å². The van der Waals surface area contributed by atoms with Crippen LogP contribution < -0.4 is 0 Å². The van der Waals surface area contributed by atoms with E-state index in [1.165, 1.54) is 11.3 Å². The zero-order valence-electron chi connectivity index (χ0n) is 10.9. The maximum Gasteiger partial charge on any atom is 0.357 e. The van der Waals surface area contributed by atoms with Gasteiger partial charge in [0.1, 0.15) is 5.65 Å². The lowest BCUT2D eigenvalue weighted by Crippen LogP contribution is -2.12. The maximum atomic E-state index is 12.2. The Morgan fingerprint density at radius 1 is 1.45 bits per heavy atom. The smallest absolute Gasteiger partial charge is 0.357 e. The zero-order chi connectivity index (χ0) is 14.5. The van der Waals surface area contributed by atoms with E-state index in [-0.39, 0.29) is 10.8 Å². The molecule has 0 radical (unpaired) electrons. The van der Waals surface area contributed by atoms with E-state index >= 15 is 0 Å². The molecule has 0 saturated heterocycles. The van der Waals surface area contributed by atoms with Gasteiger partial charge in [-0.15, -0.1) is 0 Å². The number of pyridine rings is 1. The third kappa shape index (κ3) is 1.98. The SMILES string of the molecule is CCS(=O)(=O)c1c(C(=O)O)nc2ccc(C3CC3)cn12. The average Bonchev–Trinajstić information content (AvgIpc) is 3.17. The van der Waals surface area contributed by atoms with Crippen molar-refractivity contribution in [2.24, 2.45) is 0 Å². The molecule has 2 heterocycles. The van der Waals surface area contributed by atoms with E-state index in [9.17, 15) is 18.3 Å². The molecule has 1 saturated carbocycles. The number of rotatable bonds is 4. The number of hydrogen-bond acceptors (Lipinski definition) is 4. The van der Waals surface area contributed by atoms with Crippen LogP contribution in [0.15, 0.2) is 23.4 Å². The summed E-state index contributed by atoms with van der Waals surface area (Å²) in [5.74, 6) is -1.03. The minimum absolute atomic E-state index is 0.158. The first-order chi connectivity index (χ1) is 9.44. The van der Waals surface area contributed by atoms with E-state index in [2.05, 4.69) is 4.98 Å². The van der Waals surface area contributed by atoms with Crippen LogP contribution in [0.5, 0.6) is 0 Å². The number of imidazole rings is 1. The first kappa shape index (κ1) is 13.1. The lowest BCUT2D eigenvalue weighted by atomic mass is 10.2. The van der Waals surface area contributed by atoms with Gasteiger partial charge >= 0.3 is 5.97 Å². The van der Waals surface area contributed by atoms with Gasteiger partial charge in [-0.3, -0.25) is 4.40 Å². The van der Waals surface area contributed by atoms with E-state index in [1.807, 2.05) is 6.07 Å². The van der Waals surface area contributed by atoms with Gasteiger partial charge in [-0.25, -0.2) is 18.2 Å². The summed E-state index contributed by atoms with van der Waals surface area (Å²) in [6.07, 6.45) is 3.87. The second-order valence-corrected chi connectivity index (χ2v) is 7.13. The molecule has 2 aromatic heterocycles. The molecule has 7 heteroatoms. The topological polar surface area (TPSA) is 88.7 Å². The summed E-state index contributed by atoms with van der Waals surface area (Å²) < 4.78 is 25.7. The van der Waals surface area contributed by atoms with Crippen molar-refractivity contribution >= 4 is 21.5 Å². The number of fused-ring (bicyclic) bond motifs is 1. The number of carboxylic acids is 1. The third-order valence-corrected chi connectivity index (χ3v) is 5.26. The molecule has 1 N–H and O–H groups in total. The third-order valence-electron chi connectivity index (χ3n) is 3.52. The number of aromatic nitrogens is 2. The number of nitrogens with zero attached hydrogens (tertiary/aromatic N) is 2. The highest BCUT2D eigenvalue weighted by Gasteiger charge is 2.29. The van der Waals surface area contributed by atoms with Gasteiger partial charge in [0.2, 0.25) is 0 Å². The Hall–Kier alpha value is -1.89. The van der Waals surface area contributed by atoms with Crippen molar-refractivity contribution in [2.45, 2.75) is 30.7 Å². The molecule has 3 rings (SSSR count). The first-order valence-corrected chi connectivity index (χ1v) is 8.07. The molecule has 0 amide bonds. The lowest BCUT2D eigenvalue weighted by Gasteiger charge is -2.05. The van der Waals surface area contributed by atoms with Gasteiger partial charge in [-0.1, -0.05) is 13.0 Å². The second-order valence-electron chi connectivity index (χ2n) is 4.94. The fourth-order valence-corrected chi connectivity index (χ4v) is 3.42. The van der Waals surface area contributed by atoms with Gasteiger partial charge in [-0.05, 0) is 30.4 Å². The van der Waals surface area contributed by atoms with Crippen LogP contribution >= 0.6 is 0 Å². The number of carbonyl (C=O) groups is 1. The molecular formula is C13H14N2O4S. The van der Waals surface area contributed by atoms with Gasteiger partial charge in [0.15, 0.2) is 20.6 Å². The molecule has 0 aromatic carbocycles. The molecule has 106 valence electrons. The Bertz CT molecular complexity index is 803. The average molecular weight is 294 g/mol. The van der Waals surface area contributed by atoms with E-state index < -0.39 is 21.5 Å². The quantitative estimate of drug-likeness (QED) is 0.927. The summed E-state index contributed by atoms with van der Waals surface area (Å²) in [5.41, 5.74) is 0.970. The predicted octanol–water partition coefficient (Wildman–Crippen LogP) is 1.70. The largest absolute Gasteiger partial charge is 0.476 e. The van der Waals surface area contributed by atoms with Gasteiger partial charge in [0, 0.05) is 6.20 Å². The molecular weight excluding hydrogens is 280 g/mol. The minimum atomic E-state index is -3.66. The number of carboxylic acid groups (broad SMARTS) is 1. The second kappa shape index (κ2) is 4.31. The zero-order valence-corrected chi connectivity index (χ0v) is 11.7. The summed E-state index contributed by atoms with van der Waals surface area (Å²) in [7, 11) is -3.66. The Labute approximate surface area is 116 Å². The first-order valence-electron chi connectivity index (χ1n) is 6.42. The summed E-state index contributed by atoms with van der Waals surface area (Å²) >= 11 is 0. The molecule has 2 aromatic rings. The van der Waals surface area contributed by atoms with Crippen molar-refractivity contribution in [3.8, 4) is 0 Å². The van der Waals surface area contributed by atoms with Crippen molar-refractivity contribution in [1.29, 1.82) is 0 Å². The highest BCUT2D eigenvalue weighted by atomic mass is 32.2. The number of sulfone groups is 1. The van der Waals surface area contributed by atoms with Crippen molar-refractivity contribution in [3.63, 3.8) is 0 Å². The van der Waals surface area contributed by atoms with E-state index in [0.717, 1.165) is 18.4 Å². The van der Waals surface area contributed by atoms with Crippen LogP contribution in [-0.4, -0.2) is 34.6 Å². The Balaban J connectivity index is 2.34. The van der Waals surface area contributed by atoms with Crippen LogP contribution in [0.3, 0.4) is 0 Å². The monoisotopic (exact) mass is 294 g/mol. The molecule has 0 spiro atoms. The molecule has 1 aliphatic rings. The maximum absolute atomic E-state index is 12.2. The Morgan fingerprint density at radius 2 is 2.15 bits per heavy atom. The van der Waals surface area contributed by atoms with Crippen LogP contribution in [0.2, 0.25) is 0 Å². The molecule has 0 unspecified atom stereocenters. The van der Waals surface area contributed by atoms with Crippen molar-refractivity contribution in [1.82, 2.24) is 9.38 Å². The van der Waals surface area contributed by atoms with Gasteiger partial charge in [0.25, 0.3) is 0 Å². The molecule has 0 bridgehead atoms. The van der Waals surface area contributed by atoms with Crippen molar-refractivity contribution in [2.75, 3.05) is 5.75 Å². The summed E-state index contributed by atoms with van der Waals surface area (Å²) in [4.78, 5) is 15.2. The number of hydrogen-bond donors (Lipinski definition) is 1. The van der Waals surface area contributed by atoms with Gasteiger partial charge in [-0.2, -0.15) is 0 Å². The normalized spacial score (nSPS) is 15.7. The molecule has 1 fully saturated rings. The van der Waals surface area contributed by atoms with Gasteiger partial charge in [0.05, 0.1) is 5.75 Å². The Morgan fingerprint density at radius 3 is 2.70 bits per heavy atom. The standard InChI is InChI=1S/C13H14N2O4S/c1-2-20(18,19)12-11(13(16)17)14-10-6-5-9(7-15(10)12)8-3-4-8/h5-8H,2-4H2,1H3,(H,16,17). The van der Waals surface area contributed by atoms with Crippen LogP contribution in [0.4, 0.5) is 0 Å². The molecule has 0 atom stereocenters. The number of aromatic carboxylic acids is 1. The van der Waals surface area contributed by atoms with Crippen LogP contribution in [0.25, 0.3) is 5.65 Å². The molecule has 0 aliphatic heterocycles. The summed E-state index contributed by atoms with van der Waals surface area (Å²) in [6.45, 7) is 1.49. The van der Waals surface area contributed by atoms with Crippen molar-refractivity contribution in [3.05, 3.63) is 29.6 Å². The van der Waals surface area contributed by atoms with E-state index in [4.69, 9.17) is 0 Å². The van der Waals surface area contributed by atoms with Crippen LogP contribution in [0, 0.1) is 0 Å². The van der Waals surface area contributed by atoms with Crippen molar-refractivity contribution < 1.29 is 18.3 Å². The van der Waals surface area contributed by atoms with E-state index in [0.29, 0.717) is 11.6 Å². The lowest BCUT2D eigenvalue weighted by molar-refractivity contribution is 0.0686. The van der Waals surface area contributed by atoms with Gasteiger partial charge < -0.3 is 5.11 Å². The predicted molar refractivity (Wildman–Crippen MR) is 71.9 cm³/mol. The highest BCUT2D eigenvalue weighted by Crippen LogP contribution is 2.40. The fourth-order valence-electron chi connectivity index (χ4n) is 2.27. The molecule has 20 heavy (non-hydrogen) atoms. The fraction of sp³-hybridized carbons (Fsp3) is 0.385. The molecule has 1 aliphatic carbocycles. The highest BCUT2D eigenvalue weighted by molar-refractivity contribution is 7.91. The Kier molecular flexibility index (Phi) is 2.82. The molecule has 6 nitrogen and oxygen atoms in total. The van der Waals surface area contributed by atoms with Crippen LogP contribution in [0.1, 0.15) is 41.7 Å². The summed E-state index contributed by atoms with van der Waals surface area (Å²) in [6, 6.07) is 3.56. The van der Waals surface area contributed by atoms with E-state index in [1.54, 1.807) is 12.3 Å². The minimum Gasteiger partial charge on any atom is -0.476 e.